The molecule has 1 saturated heterocycles. The number of nitrogens with zero attached hydrogens (tertiary/aromatic N) is 5. The maximum Gasteiger partial charge on any atom is 0.126 e. The quantitative estimate of drug-likeness (QED) is 0.656. The number of benzene rings is 1. The van der Waals surface area contributed by atoms with Crippen molar-refractivity contribution in [3.63, 3.8) is 0 Å². The van der Waals surface area contributed by atoms with E-state index in [4.69, 9.17) is 9.72 Å². The van der Waals surface area contributed by atoms with Crippen molar-refractivity contribution in [2.24, 2.45) is 7.05 Å². The Bertz CT molecular complexity index is 940. The molecule has 3 aromatic rings. The Morgan fingerprint density at radius 2 is 1.89 bits per heavy atom. The molecule has 0 aliphatic carbocycles. The molecule has 28 heavy (non-hydrogen) atoms. The van der Waals surface area contributed by atoms with Gasteiger partial charge in [-0.3, -0.25) is 9.58 Å². The topological polar surface area (TPSA) is 48.1 Å². The zero-order valence-electron chi connectivity index (χ0n) is 17.2. The number of likely N-dealkylation sites (tertiary alicyclic amines) is 1. The van der Waals surface area contributed by atoms with E-state index in [-0.39, 0.29) is 0 Å². The minimum atomic E-state index is 0.353. The van der Waals surface area contributed by atoms with Crippen LogP contribution in [0, 0.1) is 13.8 Å². The van der Waals surface area contributed by atoms with E-state index in [1.807, 2.05) is 36.3 Å². The number of hydrogen-bond acceptors (Lipinski definition) is 4. The summed E-state index contributed by atoms with van der Waals surface area (Å²) >= 11 is 0. The third kappa shape index (κ3) is 3.56. The molecule has 0 N–H and O–H groups in total. The van der Waals surface area contributed by atoms with E-state index in [0.29, 0.717) is 6.04 Å². The number of aromatic nitrogens is 4. The Hall–Kier alpha value is -2.60. The second-order valence-electron chi connectivity index (χ2n) is 7.70. The van der Waals surface area contributed by atoms with Crippen LogP contribution in [0.5, 0.6) is 5.75 Å². The predicted octanol–water partition coefficient (Wildman–Crippen LogP) is 3.63. The van der Waals surface area contributed by atoms with Gasteiger partial charge in [-0.25, -0.2) is 4.98 Å². The molecule has 1 aliphatic heterocycles. The highest BCUT2D eigenvalue weighted by Crippen LogP contribution is 2.33. The molecule has 0 bridgehead atoms. The Morgan fingerprint density at radius 1 is 1.11 bits per heavy atom. The number of hydrogen-bond donors (Lipinski definition) is 0. The fraction of sp³-hybridized carbons (Fsp3) is 0.455. The van der Waals surface area contributed by atoms with Gasteiger partial charge >= 0.3 is 0 Å². The fourth-order valence-corrected chi connectivity index (χ4v) is 4.09. The van der Waals surface area contributed by atoms with Crippen molar-refractivity contribution in [3.05, 3.63) is 65.0 Å². The highest BCUT2D eigenvalue weighted by Gasteiger charge is 2.30. The predicted molar refractivity (Wildman–Crippen MR) is 109 cm³/mol. The van der Waals surface area contributed by atoms with Crippen LogP contribution in [0.4, 0.5) is 0 Å². The smallest absolute Gasteiger partial charge is 0.126 e. The average molecular weight is 380 g/mol. The van der Waals surface area contributed by atoms with Gasteiger partial charge in [-0.05, 0) is 50.9 Å². The van der Waals surface area contributed by atoms with Crippen LogP contribution < -0.4 is 4.74 Å². The van der Waals surface area contributed by atoms with Crippen LogP contribution in [0.25, 0.3) is 0 Å². The summed E-state index contributed by atoms with van der Waals surface area (Å²) in [6.45, 7) is 7.15. The second-order valence-corrected chi connectivity index (χ2v) is 7.70. The third-order valence-electron chi connectivity index (χ3n) is 5.96. The largest absolute Gasteiger partial charge is 0.497 e. The van der Waals surface area contributed by atoms with Crippen molar-refractivity contribution in [1.82, 2.24) is 24.2 Å². The summed E-state index contributed by atoms with van der Waals surface area (Å²) in [5.74, 6) is 2.06. The molecule has 3 heterocycles. The van der Waals surface area contributed by atoms with Crippen LogP contribution in [0.3, 0.4) is 0 Å². The van der Waals surface area contributed by atoms with Gasteiger partial charge in [0.25, 0.3) is 0 Å². The van der Waals surface area contributed by atoms with Crippen LogP contribution in [-0.2, 0) is 20.1 Å². The van der Waals surface area contributed by atoms with E-state index < -0.39 is 0 Å². The molecule has 1 unspecified atom stereocenters. The number of aryl methyl sites for hydroxylation is 2. The first kappa shape index (κ1) is 18.7. The van der Waals surface area contributed by atoms with E-state index in [0.717, 1.165) is 31.8 Å². The molecule has 1 aliphatic rings. The average Bonchev–Trinajstić information content (AvgIpc) is 3.39. The number of imidazole rings is 1. The van der Waals surface area contributed by atoms with Crippen molar-refractivity contribution in [1.29, 1.82) is 0 Å². The van der Waals surface area contributed by atoms with Gasteiger partial charge in [0, 0.05) is 43.3 Å². The van der Waals surface area contributed by atoms with Crippen LogP contribution in [-0.4, -0.2) is 37.9 Å². The van der Waals surface area contributed by atoms with Crippen molar-refractivity contribution in [2.75, 3.05) is 13.7 Å². The minimum Gasteiger partial charge on any atom is -0.497 e. The number of ether oxygens (including phenoxy) is 1. The third-order valence-corrected chi connectivity index (χ3v) is 5.96. The van der Waals surface area contributed by atoms with Gasteiger partial charge in [0.15, 0.2) is 0 Å². The summed E-state index contributed by atoms with van der Waals surface area (Å²) < 4.78 is 9.60. The van der Waals surface area contributed by atoms with Gasteiger partial charge in [0.1, 0.15) is 11.6 Å². The first-order valence-corrected chi connectivity index (χ1v) is 9.93. The first-order chi connectivity index (χ1) is 13.6. The van der Waals surface area contributed by atoms with Crippen molar-refractivity contribution >= 4 is 0 Å². The molecule has 6 heteroatoms. The summed E-state index contributed by atoms with van der Waals surface area (Å²) in [5.41, 5.74) is 5.01. The molecule has 6 nitrogen and oxygen atoms in total. The Labute approximate surface area is 166 Å². The van der Waals surface area contributed by atoms with Gasteiger partial charge < -0.3 is 9.30 Å². The Morgan fingerprint density at radius 3 is 2.57 bits per heavy atom. The van der Waals surface area contributed by atoms with Crippen LogP contribution >= 0.6 is 0 Å². The summed E-state index contributed by atoms with van der Waals surface area (Å²) in [6, 6.07) is 8.66. The molecular formula is C22H29N5O. The summed E-state index contributed by atoms with van der Waals surface area (Å²) in [7, 11) is 3.71. The van der Waals surface area contributed by atoms with E-state index in [2.05, 4.69) is 40.5 Å². The van der Waals surface area contributed by atoms with Gasteiger partial charge in [-0.2, -0.15) is 5.10 Å². The van der Waals surface area contributed by atoms with Gasteiger partial charge in [-0.15, -0.1) is 0 Å². The van der Waals surface area contributed by atoms with Gasteiger partial charge in [-0.1, -0.05) is 12.1 Å². The molecule has 4 rings (SSSR count). The highest BCUT2D eigenvalue weighted by molar-refractivity contribution is 5.28. The van der Waals surface area contributed by atoms with Crippen LogP contribution in [0.15, 0.2) is 36.7 Å². The molecule has 2 aromatic heterocycles. The molecule has 1 fully saturated rings. The number of methoxy groups -OCH3 is 1. The molecule has 0 radical (unpaired) electrons. The Balaban J connectivity index is 1.57. The maximum absolute atomic E-state index is 5.28. The molecule has 0 spiro atoms. The lowest BCUT2D eigenvalue weighted by Gasteiger charge is -2.25. The monoisotopic (exact) mass is 379 g/mol. The first-order valence-electron chi connectivity index (χ1n) is 9.93. The van der Waals surface area contributed by atoms with Crippen molar-refractivity contribution in [3.8, 4) is 5.75 Å². The van der Waals surface area contributed by atoms with E-state index in [1.54, 1.807) is 7.11 Å². The SMILES string of the molecule is COc1ccc(Cn2c(C)cnc2C2CCCN2Cc2cnn(C)c2C)cc1. The lowest BCUT2D eigenvalue weighted by Crippen LogP contribution is -2.26. The lowest BCUT2D eigenvalue weighted by molar-refractivity contribution is 0.235. The molecule has 1 aromatic carbocycles. The summed E-state index contributed by atoms with van der Waals surface area (Å²) in [6.07, 6.45) is 6.36. The van der Waals surface area contributed by atoms with Crippen LogP contribution in [0.1, 0.15) is 47.2 Å². The molecule has 0 saturated carbocycles. The van der Waals surface area contributed by atoms with E-state index >= 15 is 0 Å². The van der Waals surface area contributed by atoms with Crippen molar-refractivity contribution in [2.45, 2.75) is 45.8 Å². The van der Waals surface area contributed by atoms with Crippen LogP contribution in [0.2, 0.25) is 0 Å². The normalized spacial score (nSPS) is 17.4. The minimum absolute atomic E-state index is 0.353. The lowest BCUT2D eigenvalue weighted by atomic mass is 10.1. The molecule has 148 valence electrons. The summed E-state index contributed by atoms with van der Waals surface area (Å²) in [5, 5.41) is 4.41. The fourth-order valence-electron chi connectivity index (χ4n) is 4.09. The summed E-state index contributed by atoms with van der Waals surface area (Å²) in [4.78, 5) is 7.37. The zero-order valence-corrected chi connectivity index (χ0v) is 17.2. The highest BCUT2D eigenvalue weighted by atomic mass is 16.5. The van der Waals surface area contributed by atoms with E-state index in [9.17, 15) is 0 Å². The molecule has 1 atom stereocenters. The standard InChI is InChI=1S/C22H29N5O/c1-16-12-23-22(27(16)14-18-7-9-20(28-4)10-8-18)21-6-5-11-26(21)15-19-13-24-25(3)17(19)2/h7-10,12-13,21H,5-6,11,14-15H2,1-4H3. The second kappa shape index (κ2) is 7.80. The zero-order chi connectivity index (χ0) is 19.7. The molecular weight excluding hydrogens is 350 g/mol. The maximum atomic E-state index is 5.28. The van der Waals surface area contributed by atoms with E-state index in [1.165, 1.54) is 34.8 Å². The molecule has 0 amide bonds. The van der Waals surface area contributed by atoms with Gasteiger partial charge in [0.2, 0.25) is 0 Å². The number of rotatable bonds is 6. The Kier molecular flexibility index (Phi) is 5.22. The van der Waals surface area contributed by atoms with Gasteiger partial charge in [0.05, 0.1) is 19.3 Å². The van der Waals surface area contributed by atoms with Crippen molar-refractivity contribution < 1.29 is 4.74 Å².